The molecule has 2 heteroatoms. The molecule has 0 spiro atoms. The zero-order valence-corrected chi connectivity index (χ0v) is 12.3. The second-order valence-electron chi connectivity index (χ2n) is 6.67. The van der Waals surface area contributed by atoms with Crippen LogP contribution in [0.25, 0.3) is 0 Å². The maximum absolute atomic E-state index is 3.72. The summed E-state index contributed by atoms with van der Waals surface area (Å²) in [6.45, 7) is 13.6. The molecule has 1 aromatic rings. The first-order chi connectivity index (χ1) is 8.39. The van der Waals surface area contributed by atoms with Gasteiger partial charge in [-0.25, -0.2) is 0 Å². The molecule has 1 atom stereocenters. The Balaban J connectivity index is 2.34. The first kappa shape index (κ1) is 13.4. The molecule has 100 valence electrons. The fourth-order valence-corrected chi connectivity index (χ4v) is 2.60. The normalized spacial score (nSPS) is 20.8. The van der Waals surface area contributed by atoms with Crippen LogP contribution >= 0.6 is 0 Å². The summed E-state index contributed by atoms with van der Waals surface area (Å²) in [5.74, 6) is 0. The van der Waals surface area contributed by atoms with Crippen LogP contribution < -0.4 is 10.2 Å². The molecule has 1 aliphatic rings. The maximum Gasteiger partial charge on any atom is 0.0414 e. The molecule has 1 N–H and O–H groups in total. The van der Waals surface area contributed by atoms with Gasteiger partial charge < -0.3 is 10.2 Å². The topological polar surface area (TPSA) is 15.3 Å². The number of nitrogens with one attached hydrogen (secondary N) is 1. The third kappa shape index (κ3) is 2.69. The van der Waals surface area contributed by atoms with E-state index < -0.39 is 0 Å². The second kappa shape index (κ2) is 4.93. The van der Waals surface area contributed by atoms with Gasteiger partial charge in [0, 0.05) is 30.9 Å². The van der Waals surface area contributed by atoms with E-state index in [-0.39, 0.29) is 5.41 Å². The molecule has 0 aromatic heterocycles. The van der Waals surface area contributed by atoms with Crippen molar-refractivity contribution in [2.24, 2.45) is 5.41 Å². The van der Waals surface area contributed by atoms with Crippen molar-refractivity contribution in [2.45, 2.75) is 53.2 Å². The van der Waals surface area contributed by atoms with Crippen molar-refractivity contribution in [2.75, 3.05) is 11.4 Å². The van der Waals surface area contributed by atoms with Crippen LogP contribution in [0, 0.1) is 5.41 Å². The smallest absolute Gasteiger partial charge is 0.0414 e. The van der Waals surface area contributed by atoms with Gasteiger partial charge in [-0.05, 0) is 30.9 Å². The van der Waals surface area contributed by atoms with E-state index in [0.717, 1.165) is 13.1 Å². The zero-order chi connectivity index (χ0) is 13.3. The highest BCUT2D eigenvalue weighted by atomic mass is 15.2. The molecule has 1 unspecified atom stereocenters. The summed E-state index contributed by atoms with van der Waals surface area (Å²) in [5.41, 5.74) is 3.10. The van der Waals surface area contributed by atoms with Crippen molar-refractivity contribution in [3.05, 3.63) is 29.8 Å². The largest absolute Gasteiger partial charge is 0.367 e. The van der Waals surface area contributed by atoms with Crippen molar-refractivity contribution >= 4 is 5.69 Å². The standard InChI is InChI=1S/C16H26N2/c1-12(2)18-11-15(16(3,4)5)17-10-13-8-6-7-9-14(13)18/h6-9,12,15,17H,10-11H2,1-5H3. The van der Waals surface area contributed by atoms with Crippen LogP contribution in [-0.4, -0.2) is 18.6 Å². The van der Waals surface area contributed by atoms with E-state index in [9.17, 15) is 0 Å². The van der Waals surface area contributed by atoms with E-state index >= 15 is 0 Å². The highest BCUT2D eigenvalue weighted by Crippen LogP contribution is 2.30. The summed E-state index contributed by atoms with van der Waals surface area (Å²) in [5, 5.41) is 3.72. The molecule has 18 heavy (non-hydrogen) atoms. The monoisotopic (exact) mass is 246 g/mol. The number of para-hydroxylation sites is 1. The molecule has 2 nitrogen and oxygen atoms in total. The Hall–Kier alpha value is -1.02. The second-order valence-corrected chi connectivity index (χ2v) is 6.67. The molecule has 0 bridgehead atoms. The fraction of sp³-hybridized carbons (Fsp3) is 0.625. The van der Waals surface area contributed by atoms with Crippen LogP contribution in [0.5, 0.6) is 0 Å². The molecule has 0 amide bonds. The maximum atomic E-state index is 3.72. The van der Waals surface area contributed by atoms with Crippen molar-refractivity contribution in [1.82, 2.24) is 5.32 Å². The van der Waals surface area contributed by atoms with E-state index in [2.05, 4.69) is 69.1 Å². The molecule has 0 saturated carbocycles. The van der Waals surface area contributed by atoms with Gasteiger partial charge in [-0.3, -0.25) is 0 Å². The Morgan fingerprint density at radius 1 is 1.22 bits per heavy atom. The van der Waals surface area contributed by atoms with E-state index in [1.165, 1.54) is 11.3 Å². The summed E-state index contributed by atoms with van der Waals surface area (Å²) in [4.78, 5) is 2.53. The van der Waals surface area contributed by atoms with E-state index in [4.69, 9.17) is 0 Å². The average Bonchev–Trinajstić information content (AvgIpc) is 2.47. The lowest BCUT2D eigenvalue weighted by Crippen LogP contribution is -2.48. The number of hydrogen-bond donors (Lipinski definition) is 1. The van der Waals surface area contributed by atoms with Gasteiger partial charge in [-0.1, -0.05) is 39.0 Å². The van der Waals surface area contributed by atoms with Crippen molar-refractivity contribution < 1.29 is 0 Å². The minimum Gasteiger partial charge on any atom is -0.367 e. The minimum atomic E-state index is 0.287. The lowest BCUT2D eigenvalue weighted by atomic mass is 9.86. The number of rotatable bonds is 1. The SMILES string of the molecule is CC(C)N1CC(C(C)(C)C)NCc2ccccc21. The first-order valence-corrected chi connectivity index (χ1v) is 6.97. The summed E-state index contributed by atoms with van der Waals surface area (Å²) in [6.07, 6.45) is 0. The highest BCUT2D eigenvalue weighted by Gasteiger charge is 2.30. The van der Waals surface area contributed by atoms with Gasteiger partial charge in [-0.15, -0.1) is 0 Å². The van der Waals surface area contributed by atoms with Gasteiger partial charge in [0.25, 0.3) is 0 Å². The van der Waals surface area contributed by atoms with Crippen molar-refractivity contribution in [3.63, 3.8) is 0 Å². The lowest BCUT2D eigenvalue weighted by molar-refractivity contribution is 0.270. The van der Waals surface area contributed by atoms with Crippen LogP contribution in [0.15, 0.2) is 24.3 Å². The third-order valence-electron chi connectivity index (χ3n) is 3.89. The number of hydrogen-bond acceptors (Lipinski definition) is 2. The molecule has 0 saturated heterocycles. The lowest BCUT2D eigenvalue weighted by Gasteiger charge is -2.36. The zero-order valence-electron chi connectivity index (χ0n) is 12.3. The molecular formula is C16H26N2. The first-order valence-electron chi connectivity index (χ1n) is 6.97. The summed E-state index contributed by atoms with van der Waals surface area (Å²) < 4.78 is 0. The van der Waals surface area contributed by atoms with Crippen LogP contribution in [-0.2, 0) is 6.54 Å². The Kier molecular flexibility index (Phi) is 3.67. The highest BCUT2D eigenvalue weighted by molar-refractivity contribution is 5.55. The Morgan fingerprint density at radius 2 is 1.89 bits per heavy atom. The predicted molar refractivity (Wildman–Crippen MR) is 79.0 cm³/mol. The minimum absolute atomic E-state index is 0.287. The molecule has 1 aromatic carbocycles. The molecule has 0 radical (unpaired) electrons. The van der Waals surface area contributed by atoms with E-state index in [0.29, 0.717) is 12.1 Å². The summed E-state index contributed by atoms with van der Waals surface area (Å²) >= 11 is 0. The Bertz CT molecular complexity index is 404. The van der Waals surface area contributed by atoms with Gasteiger partial charge >= 0.3 is 0 Å². The molecule has 0 fully saturated rings. The third-order valence-corrected chi connectivity index (χ3v) is 3.89. The molecular weight excluding hydrogens is 220 g/mol. The number of nitrogens with zero attached hydrogens (tertiary/aromatic N) is 1. The van der Waals surface area contributed by atoms with Crippen LogP contribution in [0.4, 0.5) is 5.69 Å². The van der Waals surface area contributed by atoms with Gasteiger partial charge in [0.15, 0.2) is 0 Å². The van der Waals surface area contributed by atoms with Crippen LogP contribution in [0.3, 0.4) is 0 Å². The van der Waals surface area contributed by atoms with Gasteiger partial charge in [0.1, 0.15) is 0 Å². The van der Waals surface area contributed by atoms with Crippen molar-refractivity contribution in [3.8, 4) is 0 Å². The quantitative estimate of drug-likeness (QED) is 0.817. The number of fused-ring (bicyclic) bond motifs is 1. The van der Waals surface area contributed by atoms with E-state index in [1.807, 2.05) is 0 Å². The Morgan fingerprint density at radius 3 is 2.50 bits per heavy atom. The predicted octanol–water partition coefficient (Wildman–Crippen LogP) is 3.42. The van der Waals surface area contributed by atoms with Gasteiger partial charge in [-0.2, -0.15) is 0 Å². The number of anilines is 1. The van der Waals surface area contributed by atoms with Crippen LogP contribution in [0.1, 0.15) is 40.2 Å². The van der Waals surface area contributed by atoms with Gasteiger partial charge in [0.2, 0.25) is 0 Å². The Labute approximate surface area is 111 Å². The van der Waals surface area contributed by atoms with Crippen molar-refractivity contribution in [1.29, 1.82) is 0 Å². The number of benzene rings is 1. The van der Waals surface area contributed by atoms with Gasteiger partial charge in [0.05, 0.1) is 0 Å². The summed E-state index contributed by atoms with van der Waals surface area (Å²) in [7, 11) is 0. The fourth-order valence-electron chi connectivity index (χ4n) is 2.60. The molecule has 0 aliphatic carbocycles. The summed E-state index contributed by atoms with van der Waals surface area (Å²) in [6, 6.07) is 9.83. The van der Waals surface area contributed by atoms with Crippen LogP contribution in [0.2, 0.25) is 0 Å². The average molecular weight is 246 g/mol. The molecule has 1 heterocycles. The molecule has 1 aliphatic heterocycles. The van der Waals surface area contributed by atoms with E-state index in [1.54, 1.807) is 0 Å². The molecule has 2 rings (SSSR count).